The zero-order chi connectivity index (χ0) is 17.4. The minimum atomic E-state index is -0.0441. The minimum absolute atomic E-state index is 0. The van der Waals surface area contributed by atoms with Crippen LogP contribution >= 0.6 is 24.0 Å². The molecule has 2 unspecified atom stereocenters. The molecule has 1 saturated heterocycles. The lowest BCUT2D eigenvalue weighted by Crippen LogP contribution is -2.43. The summed E-state index contributed by atoms with van der Waals surface area (Å²) in [6.45, 7) is 7.84. The topological polar surface area (TPSA) is 72.1 Å². The van der Waals surface area contributed by atoms with Gasteiger partial charge in [0, 0.05) is 12.6 Å². The van der Waals surface area contributed by atoms with E-state index in [1.54, 1.807) is 7.11 Å². The number of rotatable bonds is 8. The van der Waals surface area contributed by atoms with Crippen molar-refractivity contribution >= 4 is 29.9 Å². The zero-order valence-electron chi connectivity index (χ0n) is 15.4. The molecule has 0 spiro atoms. The van der Waals surface area contributed by atoms with Gasteiger partial charge in [0.15, 0.2) is 5.96 Å². The van der Waals surface area contributed by atoms with Crippen LogP contribution in [-0.4, -0.2) is 56.3 Å². The molecular weight excluding hydrogens is 431 g/mol. The highest BCUT2D eigenvalue weighted by atomic mass is 127. The van der Waals surface area contributed by atoms with Gasteiger partial charge in [-0.15, -0.1) is 24.0 Å². The third-order valence-corrected chi connectivity index (χ3v) is 4.34. The predicted octanol–water partition coefficient (Wildman–Crippen LogP) is 2.47. The maximum absolute atomic E-state index is 5.97. The number of nitrogens with one attached hydrogen (secondary N) is 1. The molecule has 142 valence electrons. The Bertz CT molecular complexity index is 524. The smallest absolute Gasteiger partial charge is 0.188 e. The van der Waals surface area contributed by atoms with E-state index < -0.39 is 0 Å². The van der Waals surface area contributed by atoms with Crippen LogP contribution in [0.4, 0.5) is 0 Å². The fraction of sp³-hybridized carbons (Fsp3) is 0.611. The molecule has 1 aromatic rings. The molecule has 2 rings (SSSR count). The molecule has 1 aliphatic heterocycles. The molecule has 1 aliphatic rings. The molecule has 1 heterocycles. The van der Waals surface area contributed by atoms with E-state index in [0.29, 0.717) is 18.5 Å². The molecule has 25 heavy (non-hydrogen) atoms. The summed E-state index contributed by atoms with van der Waals surface area (Å²) in [6.07, 6.45) is 2.45. The van der Waals surface area contributed by atoms with E-state index in [-0.39, 0.29) is 30.1 Å². The van der Waals surface area contributed by atoms with Gasteiger partial charge >= 0.3 is 0 Å². The first-order valence-electron chi connectivity index (χ1n) is 8.71. The number of guanidine groups is 1. The first-order chi connectivity index (χ1) is 11.6. The largest absolute Gasteiger partial charge is 0.497 e. The number of ether oxygens (including phenoxy) is 2. The second kappa shape index (κ2) is 11.4. The molecule has 0 saturated carbocycles. The number of methoxy groups -OCH3 is 1. The minimum Gasteiger partial charge on any atom is -0.497 e. The van der Waals surface area contributed by atoms with Crippen molar-refractivity contribution in [2.75, 3.05) is 33.3 Å². The SMILES string of the molecule is CCN1CCCC1CNC(N)=NCC(C)Oc1ccc(OC)cc1.I. The number of nitrogens with two attached hydrogens (primary N) is 1. The second-order valence-electron chi connectivity index (χ2n) is 6.14. The maximum atomic E-state index is 5.97. The molecule has 0 aromatic heterocycles. The van der Waals surface area contributed by atoms with Gasteiger partial charge in [-0.1, -0.05) is 6.92 Å². The zero-order valence-corrected chi connectivity index (χ0v) is 17.7. The molecule has 0 aliphatic carbocycles. The maximum Gasteiger partial charge on any atom is 0.188 e. The fourth-order valence-corrected chi connectivity index (χ4v) is 2.97. The lowest BCUT2D eigenvalue weighted by Gasteiger charge is -2.23. The van der Waals surface area contributed by atoms with Crippen molar-refractivity contribution in [2.45, 2.75) is 38.8 Å². The highest BCUT2D eigenvalue weighted by Crippen LogP contribution is 2.18. The monoisotopic (exact) mass is 462 g/mol. The molecular formula is C18H31IN4O2. The number of aliphatic imine (C=N–C) groups is 1. The Morgan fingerprint density at radius 2 is 2.04 bits per heavy atom. The Hall–Kier alpha value is -1.22. The highest BCUT2D eigenvalue weighted by molar-refractivity contribution is 14.0. The average Bonchev–Trinajstić information content (AvgIpc) is 3.06. The van der Waals surface area contributed by atoms with Gasteiger partial charge in [-0.2, -0.15) is 0 Å². The third kappa shape index (κ3) is 7.27. The van der Waals surface area contributed by atoms with Crippen molar-refractivity contribution in [3.8, 4) is 11.5 Å². The quantitative estimate of drug-likeness (QED) is 0.353. The van der Waals surface area contributed by atoms with E-state index in [0.717, 1.165) is 24.6 Å². The van der Waals surface area contributed by atoms with E-state index >= 15 is 0 Å². The molecule has 2 atom stereocenters. The molecule has 6 nitrogen and oxygen atoms in total. The average molecular weight is 462 g/mol. The van der Waals surface area contributed by atoms with Crippen LogP contribution in [0.3, 0.4) is 0 Å². The summed E-state index contributed by atoms with van der Waals surface area (Å²) >= 11 is 0. The van der Waals surface area contributed by atoms with Crippen molar-refractivity contribution in [1.29, 1.82) is 0 Å². The van der Waals surface area contributed by atoms with Gasteiger partial charge in [0.25, 0.3) is 0 Å². The van der Waals surface area contributed by atoms with E-state index in [1.165, 1.54) is 19.4 Å². The lowest BCUT2D eigenvalue weighted by atomic mass is 10.2. The number of hydrogen-bond donors (Lipinski definition) is 2. The van der Waals surface area contributed by atoms with Crippen molar-refractivity contribution in [2.24, 2.45) is 10.7 Å². The molecule has 1 aromatic carbocycles. The molecule has 3 N–H and O–H groups in total. The van der Waals surface area contributed by atoms with Gasteiger partial charge in [0.2, 0.25) is 0 Å². The normalized spacial score (nSPS) is 19.2. The van der Waals surface area contributed by atoms with Crippen LogP contribution in [0.2, 0.25) is 0 Å². The standard InChI is InChI=1S/C18H30N4O2.HI/c1-4-22-11-5-6-15(22)13-21-18(19)20-12-14(2)24-17-9-7-16(23-3)8-10-17;/h7-10,14-15H,4-6,11-13H2,1-3H3,(H3,19,20,21);1H. The number of nitrogens with zero attached hydrogens (tertiary/aromatic N) is 2. The van der Waals surface area contributed by atoms with Gasteiger partial charge in [-0.25, -0.2) is 4.99 Å². The summed E-state index contributed by atoms with van der Waals surface area (Å²) in [5.41, 5.74) is 5.97. The van der Waals surface area contributed by atoms with Crippen LogP contribution in [0.1, 0.15) is 26.7 Å². The number of likely N-dealkylation sites (tertiary alicyclic amines) is 1. The van der Waals surface area contributed by atoms with E-state index in [2.05, 4.69) is 22.1 Å². The van der Waals surface area contributed by atoms with E-state index in [9.17, 15) is 0 Å². The lowest BCUT2D eigenvalue weighted by molar-refractivity contribution is 0.230. The van der Waals surface area contributed by atoms with Crippen LogP contribution < -0.4 is 20.5 Å². The van der Waals surface area contributed by atoms with Crippen LogP contribution in [0, 0.1) is 0 Å². The van der Waals surface area contributed by atoms with Crippen molar-refractivity contribution in [3.63, 3.8) is 0 Å². The van der Waals surface area contributed by atoms with Crippen molar-refractivity contribution < 1.29 is 9.47 Å². The Morgan fingerprint density at radius 3 is 2.68 bits per heavy atom. The molecule has 0 amide bonds. The van der Waals surface area contributed by atoms with Gasteiger partial charge in [0.1, 0.15) is 17.6 Å². The Kier molecular flexibility index (Phi) is 9.96. The summed E-state index contributed by atoms with van der Waals surface area (Å²) in [6, 6.07) is 8.10. The van der Waals surface area contributed by atoms with Gasteiger partial charge in [-0.3, -0.25) is 4.90 Å². The van der Waals surface area contributed by atoms with E-state index in [1.807, 2.05) is 31.2 Å². The highest BCUT2D eigenvalue weighted by Gasteiger charge is 2.22. The third-order valence-electron chi connectivity index (χ3n) is 4.34. The molecule has 1 fully saturated rings. The number of halogens is 1. The van der Waals surface area contributed by atoms with Crippen LogP contribution in [0.25, 0.3) is 0 Å². The first-order valence-corrected chi connectivity index (χ1v) is 8.71. The molecule has 7 heteroatoms. The van der Waals surface area contributed by atoms with E-state index in [4.69, 9.17) is 15.2 Å². The van der Waals surface area contributed by atoms with Crippen LogP contribution in [-0.2, 0) is 0 Å². The number of benzene rings is 1. The Balaban J connectivity index is 0.00000312. The molecule has 0 radical (unpaired) electrons. The van der Waals surface area contributed by atoms with Crippen LogP contribution in [0.5, 0.6) is 11.5 Å². The fourth-order valence-electron chi connectivity index (χ4n) is 2.97. The summed E-state index contributed by atoms with van der Waals surface area (Å²) in [5.74, 6) is 2.10. The van der Waals surface area contributed by atoms with Crippen molar-refractivity contribution in [3.05, 3.63) is 24.3 Å². The van der Waals surface area contributed by atoms with Gasteiger partial charge < -0.3 is 20.5 Å². The second-order valence-corrected chi connectivity index (χ2v) is 6.14. The van der Waals surface area contributed by atoms with Crippen LogP contribution in [0.15, 0.2) is 29.3 Å². The Morgan fingerprint density at radius 1 is 1.36 bits per heavy atom. The van der Waals surface area contributed by atoms with Gasteiger partial charge in [-0.05, 0) is 57.1 Å². The molecule has 0 bridgehead atoms. The first kappa shape index (κ1) is 21.8. The Labute approximate surface area is 168 Å². The summed E-state index contributed by atoms with van der Waals surface area (Å²) in [5, 5.41) is 3.24. The van der Waals surface area contributed by atoms with Gasteiger partial charge in [0.05, 0.1) is 13.7 Å². The summed E-state index contributed by atoms with van der Waals surface area (Å²) < 4.78 is 11.0. The summed E-state index contributed by atoms with van der Waals surface area (Å²) in [7, 11) is 1.65. The summed E-state index contributed by atoms with van der Waals surface area (Å²) in [4.78, 5) is 6.86. The van der Waals surface area contributed by atoms with Crippen molar-refractivity contribution in [1.82, 2.24) is 10.2 Å². The predicted molar refractivity (Wildman–Crippen MR) is 113 cm³/mol. The number of likely N-dealkylation sites (N-methyl/N-ethyl adjacent to an activating group) is 1. The number of hydrogen-bond acceptors (Lipinski definition) is 4.